The molecule has 1 aromatic heterocycles. The van der Waals surface area contributed by atoms with Gasteiger partial charge in [0.2, 0.25) is 0 Å². The number of nitrogens with zero attached hydrogens (tertiary/aromatic N) is 1. The summed E-state index contributed by atoms with van der Waals surface area (Å²) in [6.07, 6.45) is 3.05. The highest BCUT2D eigenvalue weighted by molar-refractivity contribution is 7.92. The number of pyridine rings is 1. The third kappa shape index (κ3) is 2.82. The van der Waals surface area contributed by atoms with Gasteiger partial charge < -0.3 is 0 Å². The molecule has 0 aliphatic rings. The minimum atomic E-state index is -3.53. The van der Waals surface area contributed by atoms with Crippen LogP contribution in [0.4, 0.5) is 5.69 Å². The first-order valence-electron chi connectivity index (χ1n) is 5.07. The molecule has 2 rings (SSSR count). The fourth-order valence-corrected chi connectivity index (χ4v) is 2.57. The maximum atomic E-state index is 12.0. The highest BCUT2D eigenvalue weighted by Gasteiger charge is 2.13. The lowest BCUT2D eigenvalue weighted by Gasteiger charge is -2.07. The van der Waals surface area contributed by atoms with Gasteiger partial charge in [0.25, 0.3) is 10.0 Å². The van der Waals surface area contributed by atoms with Crippen molar-refractivity contribution in [2.24, 2.45) is 0 Å². The average molecular weight is 248 g/mol. The first-order valence-corrected chi connectivity index (χ1v) is 6.56. The molecule has 0 amide bonds. The Hall–Kier alpha value is -1.88. The quantitative estimate of drug-likeness (QED) is 0.905. The molecule has 0 aliphatic heterocycles. The van der Waals surface area contributed by atoms with Gasteiger partial charge in [-0.25, -0.2) is 8.42 Å². The molecule has 1 N–H and O–H groups in total. The van der Waals surface area contributed by atoms with E-state index in [0.717, 1.165) is 5.56 Å². The van der Waals surface area contributed by atoms with Gasteiger partial charge in [-0.3, -0.25) is 9.71 Å². The Kier molecular flexibility index (Phi) is 3.10. The van der Waals surface area contributed by atoms with Crippen molar-refractivity contribution in [3.8, 4) is 0 Å². The molecule has 0 saturated heterocycles. The van der Waals surface area contributed by atoms with Crippen LogP contribution in [0.5, 0.6) is 0 Å². The molecular weight excluding hydrogens is 236 g/mol. The van der Waals surface area contributed by atoms with Crippen LogP contribution in [0, 0.1) is 6.92 Å². The largest absolute Gasteiger partial charge is 0.278 e. The Morgan fingerprint density at radius 1 is 1.18 bits per heavy atom. The van der Waals surface area contributed by atoms with Crippen molar-refractivity contribution in [3.05, 3.63) is 54.4 Å². The maximum Gasteiger partial charge on any atom is 0.261 e. The Labute approximate surface area is 100 Å². The fourth-order valence-electron chi connectivity index (χ4n) is 1.42. The summed E-state index contributed by atoms with van der Waals surface area (Å²) >= 11 is 0. The maximum absolute atomic E-state index is 12.0. The highest BCUT2D eigenvalue weighted by Crippen LogP contribution is 2.15. The molecule has 0 atom stereocenters. The van der Waals surface area contributed by atoms with Gasteiger partial charge in [-0.15, -0.1) is 0 Å². The first-order chi connectivity index (χ1) is 8.08. The lowest BCUT2D eigenvalue weighted by molar-refractivity contribution is 0.601. The summed E-state index contributed by atoms with van der Waals surface area (Å²) in [7, 11) is -3.53. The second kappa shape index (κ2) is 4.55. The zero-order valence-electron chi connectivity index (χ0n) is 9.29. The predicted octanol–water partition coefficient (Wildman–Crippen LogP) is 2.19. The summed E-state index contributed by atoms with van der Waals surface area (Å²) in [4.78, 5) is 4.10. The Bertz CT molecular complexity index is 609. The van der Waals surface area contributed by atoms with Crippen LogP contribution in [0.25, 0.3) is 0 Å². The lowest BCUT2D eigenvalue weighted by Crippen LogP contribution is -2.13. The van der Waals surface area contributed by atoms with E-state index in [1.165, 1.54) is 6.20 Å². The predicted molar refractivity (Wildman–Crippen MR) is 66.2 cm³/mol. The number of rotatable bonds is 3. The van der Waals surface area contributed by atoms with E-state index in [9.17, 15) is 8.42 Å². The number of nitrogens with one attached hydrogen (secondary N) is 1. The van der Waals surface area contributed by atoms with Gasteiger partial charge in [0, 0.05) is 6.20 Å². The summed E-state index contributed by atoms with van der Waals surface area (Å²) in [5, 5.41) is 0. The molecule has 0 bridgehead atoms. The third-order valence-corrected chi connectivity index (χ3v) is 3.59. The van der Waals surface area contributed by atoms with E-state index in [-0.39, 0.29) is 4.90 Å². The zero-order chi connectivity index (χ0) is 12.3. The SMILES string of the molecule is Cc1cccc(S(=O)(=O)Nc2cccnc2)c1. The smallest absolute Gasteiger partial charge is 0.261 e. The van der Waals surface area contributed by atoms with Gasteiger partial charge in [-0.2, -0.15) is 0 Å². The van der Waals surface area contributed by atoms with Gasteiger partial charge in [-0.05, 0) is 36.8 Å². The molecule has 0 spiro atoms. The molecule has 0 fully saturated rings. The van der Waals surface area contributed by atoms with Gasteiger partial charge in [0.15, 0.2) is 0 Å². The van der Waals surface area contributed by atoms with Crippen LogP contribution in [-0.2, 0) is 10.0 Å². The van der Waals surface area contributed by atoms with Crippen LogP contribution < -0.4 is 4.72 Å². The fraction of sp³-hybridized carbons (Fsp3) is 0.0833. The molecule has 0 radical (unpaired) electrons. The van der Waals surface area contributed by atoms with Crippen LogP contribution in [0.1, 0.15) is 5.56 Å². The summed E-state index contributed by atoms with van der Waals surface area (Å²) in [6, 6.07) is 10.1. The molecule has 1 aromatic carbocycles. The van der Waals surface area contributed by atoms with E-state index in [0.29, 0.717) is 5.69 Å². The zero-order valence-corrected chi connectivity index (χ0v) is 10.1. The molecule has 0 aliphatic carbocycles. The van der Waals surface area contributed by atoms with Crippen molar-refractivity contribution in [2.75, 3.05) is 4.72 Å². The minimum absolute atomic E-state index is 0.251. The van der Waals surface area contributed by atoms with Gasteiger partial charge in [0.05, 0.1) is 16.8 Å². The Morgan fingerprint density at radius 3 is 2.65 bits per heavy atom. The standard InChI is InChI=1S/C12H12N2O2S/c1-10-4-2-6-12(8-10)17(15,16)14-11-5-3-7-13-9-11/h2-9,14H,1H3. The number of aryl methyl sites for hydroxylation is 1. The Balaban J connectivity index is 2.32. The van der Waals surface area contributed by atoms with Crippen molar-refractivity contribution >= 4 is 15.7 Å². The van der Waals surface area contributed by atoms with E-state index < -0.39 is 10.0 Å². The summed E-state index contributed by atoms with van der Waals surface area (Å²) in [5.41, 5.74) is 1.35. The monoisotopic (exact) mass is 248 g/mol. The van der Waals surface area contributed by atoms with Crippen LogP contribution in [0.2, 0.25) is 0 Å². The second-order valence-corrected chi connectivity index (χ2v) is 5.35. The van der Waals surface area contributed by atoms with Crippen molar-refractivity contribution in [2.45, 2.75) is 11.8 Å². The molecule has 88 valence electrons. The summed E-state index contributed by atoms with van der Waals surface area (Å²) in [6.45, 7) is 1.85. The number of aromatic nitrogens is 1. The first kappa shape index (κ1) is 11.6. The topological polar surface area (TPSA) is 59.1 Å². The van der Waals surface area contributed by atoms with Crippen molar-refractivity contribution < 1.29 is 8.42 Å². The number of anilines is 1. The number of hydrogen-bond donors (Lipinski definition) is 1. The molecular formula is C12H12N2O2S. The molecule has 4 nitrogen and oxygen atoms in total. The van der Waals surface area contributed by atoms with E-state index >= 15 is 0 Å². The van der Waals surface area contributed by atoms with Gasteiger partial charge in [0.1, 0.15) is 0 Å². The summed E-state index contributed by atoms with van der Waals surface area (Å²) in [5.74, 6) is 0. The second-order valence-electron chi connectivity index (χ2n) is 3.66. The molecule has 2 aromatic rings. The van der Waals surface area contributed by atoms with E-state index in [4.69, 9.17) is 0 Å². The number of sulfonamides is 1. The lowest BCUT2D eigenvalue weighted by atomic mass is 10.2. The molecule has 5 heteroatoms. The number of hydrogen-bond acceptors (Lipinski definition) is 3. The highest BCUT2D eigenvalue weighted by atomic mass is 32.2. The van der Waals surface area contributed by atoms with Gasteiger partial charge >= 0.3 is 0 Å². The van der Waals surface area contributed by atoms with E-state index in [1.54, 1.807) is 36.5 Å². The molecule has 0 unspecified atom stereocenters. The van der Waals surface area contributed by atoms with Crippen molar-refractivity contribution in [1.82, 2.24) is 4.98 Å². The Morgan fingerprint density at radius 2 is 2.00 bits per heavy atom. The van der Waals surface area contributed by atoms with Crippen LogP contribution in [0.15, 0.2) is 53.7 Å². The minimum Gasteiger partial charge on any atom is -0.278 e. The van der Waals surface area contributed by atoms with Crippen LogP contribution in [0.3, 0.4) is 0 Å². The third-order valence-electron chi connectivity index (χ3n) is 2.21. The average Bonchev–Trinajstić information content (AvgIpc) is 2.30. The van der Waals surface area contributed by atoms with Crippen molar-refractivity contribution in [1.29, 1.82) is 0 Å². The molecule has 1 heterocycles. The van der Waals surface area contributed by atoms with Gasteiger partial charge in [-0.1, -0.05) is 12.1 Å². The van der Waals surface area contributed by atoms with Crippen LogP contribution >= 0.6 is 0 Å². The molecule has 17 heavy (non-hydrogen) atoms. The van der Waals surface area contributed by atoms with E-state index in [2.05, 4.69) is 9.71 Å². The summed E-state index contributed by atoms with van der Waals surface area (Å²) < 4.78 is 26.5. The van der Waals surface area contributed by atoms with Crippen molar-refractivity contribution in [3.63, 3.8) is 0 Å². The number of benzene rings is 1. The normalized spacial score (nSPS) is 11.1. The van der Waals surface area contributed by atoms with E-state index in [1.807, 2.05) is 13.0 Å². The van der Waals surface area contributed by atoms with Crippen LogP contribution in [-0.4, -0.2) is 13.4 Å². The molecule has 0 saturated carbocycles.